The van der Waals surface area contributed by atoms with E-state index in [4.69, 9.17) is 19.3 Å². The van der Waals surface area contributed by atoms with Crippen molar-refractivity contribution in [1.82, 2.24) is 0 Å². The summed E-state index contributed by atoms with van der Waals surface area (Å²) in [5.74, 6) is -0.838. The Morgan fingerprint density at radius 2 is 2.33 bits per heavy atom. The molecule has 0 saturated heterocycles. The molecule has 12 heavy (non-hydrogen) atoms. The molecule has 0 amide bonds. The minimum Gasteiger partial charge on any atom is -0.392 e. The predicted molar refractivity (Wildman–Crippen MR) is 42.5 cm³/mol. The zero-order valence-electron chi connectivity index (χ0n) is 7.53. The SMILES string of the molecule is COC1C=C(CO)C(C)(OC)O1. The summed E-state index contributed by atoms with van der Waals surface area (Å²) in [6.07, 6.45) is 1.29. The monoisotopic (exact) mass is 174 g/mol. The van der Waals surface area contributed by atoms with Gasteiger partial charge in [-0.1, -0.05) is 0 Å². The number of rotatable bonds is 3. The molecule has 1 aliphatic heterocycles. The predicted octanol–water partition coefficient (Wildman–Crippen LogP) is 0.270. The van der Waals surface area contributed by atoms with Crippen molar-refractivity contribution in [2.75, 3.05) is 20.8 Å². The molecular formula is C8H14O4. The van der Waals surface area contributed by atoms with E-state index in [1.165, 1.54) is 14.2 Å². The van der Waals surface area contributed by atoms with Gasteiger partial charge in [0.1, 0.15) is 0 Å². The fraction of sp³-hybridized carbons (Fsp3) is 0.750. The average Bonchev–Trinajstić information content (AvgIpc) is 2.43. The molecule has 0 saturated carbocycles. The molecule has 2 atom stereocenters. The highest BCUT2D eigenvalue weighted by Gasteiger charge is 2.38. The van der Waals surface area contributed by atoms with Gasteiger partial charge in [-0.05, 0) is 13.0 Å². The van der Waals surface area contributed by atoms with E-state index >= 15 is 0 Å². The van der Waals surface area contributed by atoms with Crippen LogP contribution in [0.15, 0.2) is 11.6 Å². The van der Waals surface area contributed by atoms with E-state index in [1.54, 1.807) is 13.0 Å². The molecule has 0 spiro atoms. The Bertz CT molecular complexity index is 189. The van der Waals surface area contributed by atoms with Crippen molar-refractivity contribution in [1.29, 1.82) is 0 Å². The quantitative estimate of drug-likeness (QED) is 0.624. The number of ether oxygens (including phenoxy) is 3. The Balaban J connectivity index is 2.76. The Morgan fingerprint density at radius 3 is 2.67 bits per heavy atom. The van der Waals surface area contributed by atoms with Crippen LogP contribution in [0.5, 0.6) is 0 Å². The first-order valence-corrected chi connectivity index (χ1v) is 3.74. The van der Waals surface area contributed by atoms with E-state index < -0.39 is 12.1 Å². The summed E-state index contributed by atoms with van der Waals surface area (Å²) in [5, 5.41) is 8.96. The van der Waals surface area contributed by atoms with Gasteiger partial charge in [0.2, 0.25) is 0 Å². The van der Waals surface area contributed by atoms with Gasteiger partial charge in [0, 0.05) is 19.8 Å². The standard InChI is InChI=1S/C8H14O4/c1-8(11-3)6(5-9)4-7(10-2)12-8/h4,7,9H,5H2,1-3H3. The van der Waals surface area contributed by atoms with Crippen molar-refractivity contribution >= 4 is 0 Å². The van der Waals surface area contributed by atoms with Gasteiger partial charge in [-0.15, -0.1) is 0 Å². The van der Waals surface area contributed by atoms with Gasteiger partial charge in [-0.25, -0.2) is 0 Å². The van der Waals surface area contributed by atoms with Crippen molar-refractivity contribution in [3.05, 3.63) is 11.6 Å². The normalized spacial score (nSPS) is 35.3. The second kappa shape index (κ2) is 3.53. The molecule has 0 radical (unpaired) electrons. The average molecular weight is 174 g/mol. The minimum absolute atomic E-state index is 0.0792. The lowest BCUT2D eigenvalue weighted by atomic mass is 10.1. The van der Waals surface area contributed by atoms with Crippen LogP contribution in [0.2, 0.25) is 0 Å². The second-order valence-electron chi connectivity index (χ2n) is 2.72. The second-order valence-corrected chi connectivity index (χ2v) is 2.72. The molecule has 4 nitrogen and oxygen atoms in total. The first kappa shape index (κ1) is 9.67. The molecule has 1 rings (SSSR count). The van der Waals surface area contributed by atoms with Crippen LogP contribution in [0.4, 0.5) is 0 Å². The minimum atomic E-state index is -0.838. The maximum Gasteiger partial charge on any atom is 0.193 e. The summed E-state index contributed by atoms with van der Waals surface area (Å²) >= 11 is 0. The molecule has 2 unspecified atom stereocenters. The fourth-order valence-electron chi connectivity index (χ4n) is 1.14. The summed E-state index contributed by atoms with van der Waals surface area (Å²) in [4.78, 5) is 0. The smallest absolute Gasteiger partial charge is 0.193 e. The van der Waals surface area contributed by atoms with Gasteiger partial charge in [0.05, 0.1) is 6.61 Å². The Kier molecular flexibility index (Phi) is 2.85. The first-order valence-electron chi connectivity index (χ1n) is 3.74. The van der Waals surface area contributed by atoms with Crippen LogP contribution in [-0.4, -0.2) is 38.0 Å². The number of methoxy groups -OCH3 is 2. The number of aliphatic hydroxyl groups excluding tert-OH is 1. The van der Waals surface area contributed by atoms with Crippen LogP contribution in [0.25, 0.3) is 0 Å². The van der Waals surface area contributed by atoms with Crippen molar-refractivity contribution in [3.63, 3.8) is 0 Å². The topological polar surface area (TPSA) is 47.9 Å². The molecule has 0 aromatic rings. The van der Waals surface area contributed by atoms with Crippen molar-refractivity contribution in [2.45, 2.75) is 19.0 Å². The molecule has 4 heteroatoms. The maximum absolute atomic E-state index is 8.96. The Morgan fingerprint density at radius 1 is 1.67 bits per heavy atom. The lowest BCUT2D eigenvalue weighted by Crippen LogP contribution is -2.32. The Labute approximate surface area is 71.7 Å². The molecule has 0 aromatic heterocycles. The van der Waals surface area contributed by atoms with E-state index in [1.807, 2.05) is 0 Å². The van der Waals surface area contributed by atoms with Gasteiger partial charge in [-0.2, -0.15) is 0 Å². The van der Waals surface area contributed by atoms with Crippen molar-refractivity contribution in [3.8, 4) is 0 Å². The van der Waals surface area contributed by atoms with Gasteiger partial charge >= 0.3 is 0 Å². The van der Waals surface area contributed by atoms with Crippen LogP contribution >= 0.6 is 0 Å². The molecule has 0 aromatic carbocycles. The van der Waals surface area contributed by atoms with Gasteiger partial charge in [-0.3, -0.25) is 0 Å². The summed E-state index contributed by atoms with van der Waals surface area (Å²) < 4.78 is 15.4. The molecule has 0 fully saturated rings. The van der Waals surface area contributed by atoms with Crippen LogP contribution < -0.4 is 0 Å². The molecule has 1 aliphatic rings. The zero-order valence-corrected chi connectivity index (χ0v) is 7.53. The van der Waals surface area contributed by atoms with Crippen LogP contribution in [0.1, 0.15) is 6.92 Å². The molecule has 1 heterocycles. The van der Waals surface area contributed by atoms with E-state index in [2.05, 4.69) is 0 Å². The fourth-order valence-corrected chi connectivity index (χ4v) is 1.14. The van der Waals surface area contributed by atoms with Crippen LogP contribution in [0.3, 0.4) is 0 Å². The number of aliphatic hydroxyl groups is 1. The summed E-state index contributed by atoms with van der Waals surface area (Å²) in [6, 6.07) is 0. The molecule has 70 valence electrons. The van der Waals surface area contributed by atoms with Crippen LogP contribution in [0, 0.1) is 0 Å². The number of hydrogen-bond acceptors (Lipinski definition) is 4. The van der Waals surface area contributed by atoms with E-state index in [-0.39, 0.29) is 6.61 Å². The van der Waals surface area contributed by atoms with Crippen LogP contribution in [-0.2, 0) is 14.2 Å². The lowest BCUT2D eigenvalue weighted by Gasteiger charge is -2.25. The summed E-state index contributed by atoms with van der Waals surface area (Å²) in [5.41, 5.74) is 0.692. The van der Waals surface area contributed by atoms with E-state index in [0.29, 0.717) is 5.57 Å². The van der Waals surface area contributed by atoms with E-state index in [0.717, 1.165) is 0 Å². The molecular weight excluding hydrogens is 160 g/mol. The molecule has 1 N–H and O–H groups in total. The highest BCUT2D eigenvalue weighted by molar-refractivity contribution is 5.18. The highest BCUT2D eigenvalue weighted by Crippen LogP contribution is 2.30. The summed E-state index contributed by atoms with van der Waals surface area (Å²) in [7, 11) is 3.07. The largest absolute Gasteiger partial charge is 0.392 e. The third-order valence-electron chi connectivity index (χ3n) is 2.05. The van der Waals surface area contributed by atoms with Crippen molar-refractivity contribution < 1.29 is 19.3 Å². The number of hydrogen-bond donors (Lipinski definition) is 1. The molecule has 0 bridgehead atoms. The third kappa shape index (κ3) is 1.51. The first-order chi connectivity index (χ1) is 5.66. The van der Waals surface area contributed by atoms with Gasteiger partial charge < -0.3 is 19.3 Å². The van der Waals surface area contributed by atoms with Gasteiger partial charge in [0.25, 0.3) is 0 Å². The maximum atomic E-state index is 8.96. The third-order valence-corrected chi connectivity index (χ3v) is 2.05. The van der Waals surface area contributed by atoms with Gasteiger partial charge in [0.15, 0.2) is 12.1 Å². The van der Waals surface area contributed by atoms with E-state index in [9.17, 15) is 0 Å². The highest BCUT2D eigenvalue weighted by atomic mass is 16.8. The summed E-state index contributed by atoms with van der Waals surface area (Å²) in [6.45, 7) is 1.66. The zero-order chi connectivity index (χ0) is 9.19. The Hall–Kier alpha value is -0.420. The molecule has 0 aliphatic carbocycles. The lowest BCUT2D eigenvalue weighted by molar-refractivity contribution is -0.238. The van der Waals surface area contributed by atoms with Crippen molar-refractivity contribution in [2.24, 2.45) is 0 Å².